The fourth-order valence-corrected chi connectivity index (χ4v) is 2.11. The van der Waals surface area contributed by atoms with Crippen molar-refractivity contribution in [3.05, 3.63) is 41.7 Å². The van der Waals surface area contributed by atoms with Gasteiger partial charge in [0.15, 0.2) is 0 Å². The molecule has 2 aromatic rings. The lowest BCUT2D eigenvalue weighted by molar-refractivity contribution is 0.949. The van der Waals surface area contributed by atoms with Crippen molar-refractivity contribution in [2.24, 2.45) is 0 Å². The van der Waals surface area contributed by atoms with Crippen LogP contribution >= 0.6 is 0 Å². The minimum Gasteiger partial charge on any atom is -0.370 e. The zero-order chi connectivity index (χ0) is 14.4. The maximum Gasteiger partial charge on any atom is 0.139 e. The Kier molecular flexibility index (Phi) is 4.93. The molecule has 1 heterocycles. The molecule has 0 fully saturated rings. The number of anilines is 3. The predicted octanol–water partition coefficient (Wildman–Crippen LogP) is 3.91. The number of benzene rings is 1. The summed E-state index contributed by atoms with van der Waals surface area (Å²) in [5.74, 6) is 1.81. The molecule has 0 atom stereocenters. The quantitative estimate of drug-likeness (QED) is 0.835. The van der Waals surface area contributed by atoms with Crippen LogP contribution in [0.3, 0.4) is 0 Å². The van der Waals surface area contributed by atoms with Crippen LogP contribution < -0.4 is 10.6 Å². The number of hydrogen-bond donors (Lipinski definition) is 2. The van der Waals surface area contributed by atoms with Gasteiger partial charge < -0.3 is 10.6 Å². The zero-order valence-corrected chi connectivity index (χ0v) is 12.4. The zero-order valence-electron chi connectivity index (χ0n) is 12.4. The van der Waals surface area contributed by atoms with Crippen LogP contribution in [-0.4, -0.2) is 16.5 Å². The SMILES string of the molecule is CCCNc1ncnc(Nc2cccc(C)c2)c1CC. The first-order valence-corrected chi connectivity index (χ1v) is 7.16. The highest BCUT2D eigenvalue weighted by molar-refractivity contribution is 5.65. The first-order valence-electron chi connectivity index (χ1n) is 7.16. The smallest absolute Gasteiger partial charge is 0.139 e. The fraction of sp³-hybridized carbons (Fsp3) is 0.375. The number of nitrogens with zero attached hydrogens (tertiary/aromatic N) is 2. The van der Waals surface area contributed by atoms with Crippen molar-refractivity contribution in [2.75, 3.05) is 17.2 Å². The van der Waals surface area contributed by atoms with E-state index in [1.807, 2.05) is 12.1 Å². The Hall–Kier alpha value is -2.10. The third-order valence-corrected chi connectivity index (χ3v) is 3.12. The second-order valence-electron chi connectivity index (χ2n) is 4.82. The van der Waals surface area contributed by atoms with Crippen molar-refractivity contribution in [3.63, 3.8) is 0 Å². The maximum atomic E-state index is 4.38. The van der Waals surface area contributed by atoms with Gasteiger partial charge in [-0.15, -0.1) is 0 Å². The lowest BCUT2D eigenvalue weighted by atomic mass is 10.2. The van der Waals surface area contributed by atoms with E-state index in [4.69, 9.17) is 0 Å². The number of aromatic nitrogens is 2. The molecule has 0 aliphatic carbocycles. The minimum atomic E-state index is 0.881. The number of aryl methyl sites for hydroxylation is 1. The van der Waals surface area contributed by atoms with Crippen LogP contribution in [0.1, 0.15) is 31.4 Å². The number of rotatable bonds is 6. The van der Waals surface area contributed by atoms with Gasteiger partial charge in [-0.3, -0.25) is 0 Å². The van der Waals surface area contributed by atoms with Gasteiger partial charge in [-0.1, -0.05) is 26.0 Å². The summed E-state index contributed by atoms with van der Waals surface area (Å²) in [7, 11) is 0. The van der Waals surface area contributed by atoms with Gasteiger partial charge in [-0.2, -0.15) is 0 Å². The van der Waals surface area contributed by atoms with E-state index in [1.165, 1.54) is 5.56 Å². The van der Waals surface area contributed by atoms with Crippen molar-refractivity contribution in [2.45, 2.75) is 33.6 Å². The normalized spacial score (nSPS) is 10.3. The summed E-state index contributed by atoms with van der Waals surface area (Å²) in [4.78, 5) is 8.73. The average Bonchev–Trinajstić information content (AvgIpc) is 2.45. The predicted molar refractivity (Wildman–Crippen MR) is 84.7 cm³/mol. The molecule has 0 unspecified atom stereocenters. The van der Waals surface area contributed by atoms with E-state index < -0.39 is 0 Å². The molecule has 0 amide bonds. The Labute approximate surface area is 120 Å². The molecule has 0 bridgehead atoms. The van der Waals surface area contributed by atoms with E-state index in [0.717, 1.165) is 42.3 Å². The van der Waals surface area contributed by atoms with Crippen molar-refractivity contribution >= 4 is 17.3 Å². The Morgan fingerprint density at radius 3 is 2.60 bits per heavy atom. The van der Waals surface area contributed by atoms with Gasteiger partial charge >= 0.3 is 0 Å². The molecule has 1 aromatic carbocycles. The molecule has 4 nitrogen and oxygen atoms in total. The van der Waals surface area contributed by atoms with Crippen molar-refractivity contribution in [1.29, 1.82) is 0 Å². The van der Waals surface area contributed by atoms with Crippen LogP contribution in [-0.2, 0) is 6.42 Å². The largest absolute Gasteiger partial charge is 0.370 e. The average molecular weight is 270 g/mol. The van der Waals surface area contributed by atoms with Crippen molar-refractivity contribution in [1.82, 2.24) is 9.97 Å². The van der Waals surface area contributed by atoms with Crippen LogP contribution in [0.2, 0.25) is 0 Å². The molecule has 2 rings (SSSR count). The van der Waals surface area contributed by atoms with Gasteiger partial charge in [0, 0.05) is 17.8 Å². The fourth-order valence-electron chi connectivity index (χ4n) is 2.11. The topological polar surface area (TPSA) is 49.8 Å². The Balaban J connectivity index is 2.26. The molecule has 0 spiro atoms. The minimum absolute atomic E-state index is 0.881. The van der Waals surface area contributed by atoms with Crippen LogP contribution in [0, 0.1) is 6.92 Å². The van der Waals surface area contributed by atoms with E-state index in [2.05, 4.69) is 53.5 Å². The summed E-state index contributed by atoms with van der Waals surface area (Å²) in [5, 5.41) is 6.75. The summed E-state index contributed by atoms with van der Waals surface area (Å²) in [6, 6.07) is 8.29. The van der Waals surface area contributed by atoms with Crippen molar-refractivity contribution in [3.8, 4) is 0 Å². The summed E-state index contributed by atoms with van der Waals surface area (Å²) in [6.07, 6.45) is 3.57. The van der Waals surface area contributed by atoms with Gasteiger partial charge in [-0.05, 0) is 37.5 Å². The molecule has 0 saturated carbocycles. The van der Waals surface area contributed by atoms with Gasteiger partial charge in [0.2, 0.25) is 0 Å². The molecule has 20 heavy (non-hydrogen) atoms. The first-order chi connectivity index (χ1) is 9.74. The van der Waals surface area contributed by atoms with E-state index in [-0.39, 0.29) is 0 Å². The molecule has 0 radical (unpaired) electrons. The first kappa shape index (κ1) is 14.3. The molecular formula is C16H22N4. The molecular weight excluding hydrogens is 248 g/mol. The van der Waals surface area contributed by atoms with E-state index in [1.54, 1.807) is 6.33 Å². The Bertz CT molecular complexity index is 566. The second-order valence-corrected chi connectivity index (χ2v) is 4.82. The van der Waals surface area contributed by atoms with Crippen molar-refractivity contribution < 1.29 is 0 Å². The van der Waals surface area contributed by atoms with Crippen LogP contribution in [0.15, 0.2) is 30.6 Å². The van der Waals surface area contributed by atoms with Crippen LogP contribution in [0.25, 0.3) is 0 Å². The lowest BCUT2D eigenvalue weighted by Gasteiger charge is -2.14. The molecule has 0 saturated heterocycles. The molecule has 0 aliphatic rings. The monoisotopic (exact) mass is 270 g/mol. The highest BCUT2D eigenvalue weighted by atomic mass is 15.1. The van der Waals surface area contributed by atoms with Gasteiger partial charge in [0.05, 0.1) is 0 Å². The number of nitrogens with one attached hydrogen (secondary N) is 2. The van der Waals surface area contributed by atoms with Crippen LogP contribution in [0.4, 0.5) is 17.3 Å². The molecule has 4 heteroatoms. The Morgan fingerprint density at radius 2 is 1.90 bits per heavy atom. The lowest BCUT2D eigenvalue weighted by Crippen LogP contribution is -2.08. The van der Waals surface area contributed by atoms with Gasteiger partial charge in [-0.25, -0.2) is 9.97 Å². The molecule has 106 valence electrons. The third-order valence-electron chi connectivity index (χ3n) is 3.12. The van der Waals surface area contributed by atoms with Crippen LogP contribution in [0.5, 0.6) is 0 Å². The summed E-state index contributed by atoms with van der Waals surface area (Å²) in [5.41, 5.74) is 3.41. The third kappa shape index (κ3) is 3.47. The second kappa shape index (κ2) is 6.89. The highest BCUT2D eigenvalue weighted by Crippen LogP contribution is 2.24. The number of hydrogen-bond acceptors (Lipinski definition) is 4. The van der Waals surface area contributed by atoms with Gasteiger partial charge in [0.25, 0.3) is 0 Å². The van der Waals surface area contributed by atoms with E-state index in [9.17, 15) is 0 Å². The summed E-state index contributed by atoms with van der Waals surface area (Å²) in [6.45, 7) is 7.27. The molecule has 2 N–H and O–H groups in total. The standard InChI is InChI=1S/C16H22N4/c1-4-9-17-15-14(5-2)16(19-11-18-15)20-13-8-6-7-12(3)10-13/h6-8,10-11H,4-5,9H2,1-3H3,(H2,17,18,19,20). The van der Waals surface area contributed by atoms with E-state index in [0.29, 0.717) is 0 Å². The van der Waals surface area contributed by atoms with E-state index >= 15 is 0 Å². The molecule has 1 aromatic heterocycles. The highest BCUT2D eigenvalue weighted by Gasteiger charge is 2.09. The summed E-state index contributed by atoms with van der Waals surface area (Å²) < 4.78 is 0. The Morgan fingerprint density at radius 1 is 1.10 bits per heavy atom. The maximum absolute atomic E-state index is 4.38. The summed E-state index contributed by atoms with van der Waals surface area (Å²) >= 11 is 0. The molecule has 0 aliphatic heterocycles. The van der Waals surface area contributed by atoms with Gasteiger partial charge in [0.1, 0.15) is 18.0 Å².